The minimum absolute atomic E-state index is 0.181. The molecule has 0 bridgehead atoms. The first-order chi connectivity index (χ1) is 10.00. The lowest BCUT2D eigenvalue weighted by atomic mass is 9.72. The van der Waals surface area contributed by atoms with Crippen molar-refractivity contribution in [2.75, 3.05) is 7.11 Å². The maximum absolute atomic E-state index is 6.43. The lowest BCUT2D eigenvalue weighted by Gasteiger charge is -2.48. The van der Waals surface area contributed by atoms with Gasteiger partial charge in [-0.2, -0.15) is 0 Å². The Bertz CT molecular complexity index is 633. The predicted octanol–water partition coefficient (Wildman–Crippen LogP) is 4.23. The van der Waals surface area contributed by atoms with Gasteiger partial charge >= 0.3 is 0 Å². The Kier molecular flexibility index (Phi) is 3.39. The third-order valence-corrected chi connectivity index (χ3v) is 4.61. The van der Waals surface area contributed by atoms with Gasteiger partial charge in [-0.15, -0.1) is 0 Å². The zero-order valence-corrected chi connectivity index (χ0v) is 13.1. The van der Waals surface area contributed by atoms with Crippen molar-refractivity contribution in [3.63, 3.8) is 0 Å². The molecular weight excluding hydrogens is 260 g/mol. The highest BCUT2D eigenvalue weighted by atomic mass is 16.7. The second-order valence-corrected chi connectivity index (χ2v) is 6.35. The van der Waals surface area contributed by atoms with Crippen molar-refractivity contribution >= 4 is 0 Å². The number of rotatable bonds is 2. The molecule has 110 valence electrons. The van der Waals surface area contributed by atoms with E-state index in [-0.39, 0.29) is 11.7 Å². The highest BCUT2D eigenvalue weighted by Crippen LogP contribution is 2.47. The van der Waals surface area contributed by atoms with Crippen LogP contribution < -0.4 is 0 Å². The van der Waals surface area contributed by atoms with Gasteiger partial charge in [0.1, 0.15) is 5.60 Å². The van der Waals surface area contributed by atoms with E-state index in [9.17, 15) is 0 Å². The van der Waals surface area contributed by atoms with Crippen molar-refractivity contribution in [3.05, 3.63) is 71.3 Å². The summed E-state index contributed by atoms with van der Waals surface area (Å²) in [7, 11) is 1.71. The van der Waals surface area contributed by atoms with E-state index in [4.69, 9.17) is 9.47 Å². The van der Waals surface area contributed by atoms with Crippen LogP contribution in [0.25, 0.3) is 0 Å². The molecule has 21 heavy (non-hydrogen) atoms. The van der Waals surface area contributed by atoms with Crippen molar-refractivity contribution in [2.45, 2.75) is 38.1 Å². The largest absolute Gasteiger partial charge is 0.355 e. The normalized spacial score (nSPS) is 27.1. The van der Waals surface area contributed by atoms with E-state index in [1.54, 1.807) is 7.11 Å². The molecule has 2 atom stereocenters. The maximum Gasteiger partial charge on any atom is 0.167 e. The van der Waals surface area contributed by atoms with E-state index < -0.39 is 5.60 Å². The number of methoxy groups -OCH3 is 1. The van der Waals surface area contributed by atoms with E-state index >= 15 is 0 Å². The quantitative estimate of drug-likeness (QED) is 0.820. The Labute approximate surface area is 126 Å². The number of hydrogen-bond donors (Lipinski definition) is 0. The van der Waals surface area contributed by atoms with Crippen molar-refractivity contribution < 1.29 is 9.47 Å². The summed E-state index contributed by atoms with van der Waals surface area (Å²) in [6, 6.07) is 18.9. The van der Waals surface area contributed by atoms with Gasteiger partial charge in [0, 0.05) is 12.5 Å². The third-order valence-electron chi connectivity index (χ3n) is 4.61. The molecule has 2 heteroatoms. The molecule has 0 aromatic heterocycles. The molecular formula is C19H22O2. The standard InChI is InChI=1S/C19H22O2/c1-18(2)15-12-8-9-13-16(15)19(3,21-17(18)20-4)14-10-6-5-7-11-14/h5-13,17H,1-4H3/t17-,19-/m1/s1. The topological polar surface area (TPSA) is 18.5 Å². The minimum Gasteiger partial charge on any atom is -0.355 e. The van der Waals surface area contributed by atoms with Crippen LogP contribution in [0.2, 0.25) is 0 Å². The predicted molar refractivity (Wildman–Crippen MR) is 84.2 cm³/mol. The molecule has 0 saturated carbocycles. The number of ether oxygens (including phenoxy) is 2. The maximum atomic E-state index is 6.43. The van der Waals surface area contributed by atoms with Gasteiger partial charge in [0.25, 0.3) is 0 Å². The SMILES string of the molecule is CO[C@@H]1O[C@](C)(c2ccccc2)c2ccccc2C1(C)C. The molecule has 0 spiro atoms. The molecule has 3 rings (SSSR count). The fourth-order valence-electron chi connectivity index (χ4n) is 3.34. The van der Waals surface area contributed by atoms with Crippen molar-refractivity contribution in [3.8, 4) is 0 Å². The average molecular weight is 282 g/mol. The summed E-state index contributed by atoms with van der Waals surface area (Å²) in [5.74, 6) is 0. The van der Waals surface area contributed by atoms with E-state index in [1.807, 2.05) is 18.2 Å². The Balaban J connectivity index is 2.23. The van der Waals surface area contributed by atoms with Crippen LogP contribution in [0.15, 0.2) is 54.6 Å². The first-order valence-corrected chi connectivity index (χ1v) is 7.36. The van der Waals surface area contributed by atoms with Crippen LogP contribution in [-0.2, 0) is 20.5 Å². The molecule has 1 heterocycles. The second kappa shape index (κ2) is 4.97. The minimum atomic E-state index is -0.492. The van der Waals surface area contributed by atoms with Crippen LogP contribution in [-0.4, -0.2) is 13.4 Å². The third kappa shape index (κ3) is 2.10. The van der Waals surface area contributed by atoms with Crippen LogP contribution in [0.4, 0.5) is 0 Å². The molecule has 0 unspecified atom stereocenters. The van der Waals surface area contributed by atoms with E-state index in [2.05, 4.69) is 57.2 Å². The first kappa shape index (κ1) is 14.3. The molecule has 2 nitrogen and oxygen atoms in total. The van der Waals surface area contributed by atoms with Crippen LogP contribution in [0, 0.1) is 0 Å². The fourth-order valence-corrected chi connectivity index (χ4v) is 3.34. The molecule has 2 aromatic carbocycles. The zero-order chi connectivity index (χ0) is 15.1. The van der Waals surface area contributed by atoms with Gasteiger partial charge < -0.3 is 9.47 Å². The average Bonchev–Trinajstić information content (AvgIpc) is 2.52. The summed E-state index contributed by atoms with van der Waals surface area (Å²) in [5.41, 5.74) is 2.98. The summed E-state index contributed by atoms with van der Waals surface area (Å²) in [6.07, 6.45) is -0.280. The van der Waals surface area contributed by atoms with Gasteiger partial charge in [-0.1, -0.05) is 68.4 Å². The van der Waals surface area contributed by atoms with Crippen molar-refractivity contribution in [1.29, 1.82) is 0 Å². The number of hydrogen-bond acceptors (Lipinski definition) is 2. The van der Waals surface area contributed by atoms with Gasteiger partial charge in [-0.05, 0) is 23.6 Å². The smallest absolute Gasteiger partial charge is 0.167 e. The highest BCUT2D eigenvalue weighted by molar-refractivity contribution is 5.46. The van der Waals surface area contributed by atoms with Crippen LogP contribution in [0.3, 0.4) is 0 Å². The molecule has 0 amide bonds. The molecule has 1 aliphatic heterocycles. The van der Waals surface area contributed by atoms with E-state index in [0.717, 1.165) is 5.56 Å². The Hall–Kier alpha value is -1.64. The van der Waals surface area contributed by atoms with Gasteiger partial charge in [-0.3, -0.25) is 0 Å². The van der Waals surface area contributed by atoms with Crippen LogP contribution >= 0.6 is 0 Å². The second-order valence-electron chi connectivity index (χ2n) is 6.35. The van der Waals surface area contributed by atoms with Crippen LogP contribution in [0.1, 0.15) is 37.5 Å². The lowest BCUT2D eigenvalue weighted by Crippen LogP contribution is -2.49. The molecule has 0 radical (unpaired) electrons. The van der Waals surface area contributed by atoms with E-state index in [1.165, 1.54) is 11.1 Å². The summed E-state index contributed by atoms with van der Waals surface area (Å²) in [5, 5.41) is 0. The lowest BCUT2D eigenvalue weighted by molar-refractivity contribution is -0.224. The molecule has 0 N–H and O–H groups in total. The molecule has 2 aromatic rings. The van der Waals surface area contributed by atoms with Gasteiger partial charge in [0.2, 0.25) is 0 Å². The van der Waals surface area contributed by atoms with E-state index in [0.29, 0.717) is 0 Å². The molecule has 1 aliphatic rings. The first-order valence-electron chi connectivity index (χ1n) is 7.36. The van der Waals surface area contributed by atoms with Gasteiger partial charge in [-0.25, -0.2) is 0 Å². The summed E-state index contributed by atoms with van der Waals surface area (Å²) < 4.78 is 12.1. The summed E-state index contributed by atoms with van der Waals surface area (Å²) in [6.45, 7) is 6.47. The highest BCUT2D eigenvalue weighted by Gasteiger charge is 2.48. The Morgan fingerprint density at radius 1 is 0.857 bits per heavy atom. The Morgan fingerprint density at radius 2 is 1.43 bits per heavy atom. The summed E-state index contributed by atoms with van der Waals surface area (Å²) in [4.78, 5) is 0. The fraction of sp³-hybridized carbons (Fsp3) is 0.368. The Morgan fingerprint density at radius 3 is 2.05 bits per heavy atom. The van der Waals surface area contributed by atoms with Crippen LogP contribution in [0.5, 0.6) is 0 Å². The van der Waals surface area contributed by atoms with Crippen molar-refractivity contribution in [1.82, 2.24) is 0 Å². The summed E-state index contributed by atoms with van der Waals surface area (Å²) >= 11 is 0. The molecule has 0 aliphatic carbocycles. The number of fused-ring (bicyclic) bond motifs is 1. The molecule has 0 saturated heterocycles. The zero-order valence-electron chi connectivity index (χ0n) is 13.1. The van der Waals surface area contributed by atoms with Gasteiger partial charge in [0.15, 0.2) is 6.29 Å². The van der Waals surface area contributed by atoms with Crippen molar-refractivity contribution in [2.24, 2.45) is 0 Å². The molecule has 0 fully saturated rings. The monoisotopic (exact) mass is 282 g/mol. The number of benzene rings is 2. The van der Waals surface area contributed by atoms with Gasteiger partial charge in [0.05, 0.1) is 0 Å².